The van der Waals surface area contributed by atoms with E-state index in [1.165, 1.54) is 0 Å². The van der Waals surface area contributed by atoms with E-state index in [-0.39, 0.29) is 5.95 Å². The number of aromatic nitrogens is 4. The zero-order valence-corrected chi connectivity index (χ0v) is 9.76. The summed E-state index contributed by atoms with van der Waals surface area (Å²) in [7, 11) is 0. The molecule has 0 radical (unpaired) electrons. The monoisotopic (exact) mass is 233 g/mol. The molecule has 0 aromatic carbocycles. The molecular weight excluding hydrogens is 218 g/mol. The SMILES string of the molecule is CCCCCOc1nc(N)nc2nccnc12. The fourth-order valence-corrected chi connectivity index (χ4v) is 1.48. The average molecular weight is 233 g/mol. The largest absolute Gasteiger partial charge is 0.476 e. The molecule has 0 saturated heterocycles. The summed E-state index contributed by atoms with van der Waals surface area (Å²) >= 11 is 0. The van der Waals surface area contributed by atoms with Gasteiger partial charge < -0.3 is 10.5 Å². The maximum absolute atomic E-state index is 5.59. The van der Waals surface area contributed by atoms with Crippen LogP contribution >= 0.6 is 0 Å². The van der Waals surface area contributed by atoms with Crippen molar-refractivity contribution in [3.05, 3.63) is 12.4 Å². The van der Waals surface area contributed by atoms with E-state index in [1.807, 2.05) is 0 Å². The van der Waals surface area contributed by atoms with E-state index in [4.69, 9.17) is 10.5 Å². The summed E-state index contributed by atoms with van der Waals surface area (Å²) in [6, 6.07) is 0. The number of hydrogen-bond donors (Lipinski definition) is 1. The number of unbranched alkanes of at least 4 members (excludes halogenated alkanes) is 2. The minimum absolute atomic E-state index is 0.156. The van der Waals surface area contributed by atoms with Crippen molar-refractivity contribution in [2.75, 3.05) is 12.3 Å². The number of rotatable bonds is 5. The zero-order chi connectivity index (χ0) is 12.1. The molecule has 0 spiro atoms. The van der Waals surface area contributed by atoms with Gasteiger partial charge in [-0.3, -0.25) is 0 Å². The van der Waals surface area contributed by atoms with Crippen molar-refractivity contribution in [1.29, 1.82) is 0 Å². The van der Waals surface area contributed by atoms with Crippen LogP contribution in [0.1, 0.15) is 26.2 Å². The highest BCUT2D eigenvalue weighted by molar-refractivity contribution is 5.75. The van der Waals surface area contributed by atoms with E-state index in [2.05, 4.69) is 26.9 Å². The fraction of sp³-hybridized carbons (Fsp3) is 0.455. The smallest absolute Gasteiger partial charge is 0.247 e. The van der Waals surface area contributed by atoms with Gasteiger partial charge in [-0.25, -0.2) is 9.97 Å². The van der Waals surface area contributed by atoms with Crippen molar-refractivity contribution in [2.45, 2.75) is 26.2 Å². The number of nitrogens with two attached hydrogens (primary N) is 1. The van der Waals surface area contributed by atoms with Crippen LogP contribution in [0.15, 0.2) is 12.4 Å². The second kappa shape index (κ2) is 5.38. The summed E-state index contributed by atoms with van der Waals surface area (Å²) < 4.78 is 5.57. The maximum Gasteiger partial charge on any atom is 0.247 e. The van der Waals surface area contributed by atoms with Crippen LogP contribution in [0.2, 0.25) is 0 Å². The molecule has 0 bridgehead atoms. The molecule has 2 aromatic heterocycles. The molecule has 2 rings (SSSR count). The van der Waals surface area contributed by atoms with E-state index in [1.54, 1.807) is 12.4 Å². The van der Waals surface area contributed by atoms with Gasteiger partial charge in [0.25, 0.3) is 0 Å². The Kier molecular flexibility index (Phi) is 3.64. The van der Waals surface area contributed by atoms with Crippen LogP contribution in [-0.4, -0.2) is 26.5 Å². The van der Waals surface area contributed by atoms with E-state index in [0.717, 1.165) is 19.3 Å². The third-order valence-electron chi connectivity index (χ3n) is 2.30. The van der Waals surface area contributed by atoms with Crippen LogP contribution in [-0.2, 0) is 0 Å². The standard InChI is InChI=1S/C11H15N5O/c1-2-3-4-7-17-10-8-9(14-6-5-13-8)15-11(12)16-10/h5-6H,2-4,7H2,1H3,(H2,12,14,15,16). The molecule has 0 aliphatic rings. The number of ether oxygens (including phenoxy) is 1. The highest BCUT2D eigenvalue weighted by atomic mass is 16.5. The van der Waals surface area contributed by atoms with Gasteiger partial charge in [-0.2, -0.15) is 9.97 Å². The van der Waals surface area contributed by atoms with Crippen molar-refractivity contribution in [2.24, 2.45) is 0 Å². The first kappa shape index (κ1) is 11.5. The van der Waals surface area contributed by atoms with Gasteiger partial charge in [-0.15, -0.1) is 0 Å². The Hall–Kier alpha value is -1.98. The lowest BCUT2D eigenvalue weighted by atomic mass is 10.3. The molecular formula is C11H15N5O. The Labute approximate surface area is 99.3 Å². The van der Waals surface area contributed by atoms with Crippen molar-refractivity contribution in [3.8, 4) is 5.88 Å². The van der Waals surface area contributed by atoms with Gasteiger partial charge >= 0.3 is 0 Å². The third-order valence-corrected chi connectivity index (χ3v) is 2.30. The first-order chi connectivity index (χ1) is 8.31. The first-order valence-electron chi connectivity index (χ1n) is 5.68. The summed E-state index contributed by atoms with van der Waals surface area (Å²) in [5, 5.41) is 0. The van der Waals surface area contributed by atoms with E-state index < -0.39 is 0 Å². The second-order valence-corrected chi connectivity index (χ2v) is 3.67. The van der Waals surface area contributed by atoms with Crippen LogP contribution in [0.4, 0.5) is 5.95 Å². The van der Waals surface area contributed by atoms with Gasteiger partial charge in [-0.1, -0.05) is 19.8 Å². The second-order valence-electron chi connectivity index (χ2n) is 3.67. The topological polar surface area (TPSA) is 86.8 Å². The quantitative estimate of drug-likeness (QED) is 0.789. The molecule has 6 nitrogen and oxygen atoms in total. The molecule has 0 unspecified atom stereocenters. The lowest BCUT2D eigenvalue weighted by molar-refractivity contribution is 0.298. The molecule has 0 fully saturated rings. The molecule has 0 aliphatic heterocycles. The normalized spacial score (nSPS) is 10.6. The molecule has 2 N–H and O–H groups in total. The van der Waals surface area contributed by atoms with Crippen molar-refractivity contribution in [1.82, 2.24) is 19.9 Å². The van der Waals surface area contributed by atoms with E-state index in [9.17, 15) is 0 Å². The Bertz CT molecular complexity index is 502. The van der Waals surface area contributed by atoms with Crippen molar-refractivity contribution < 1.29 is 4.74 Å². The zero-order valence-electron chi connectivity index (χ0n) is 9.76. The molecule has 17 heavy (non-hydrogen) atoms. The Balaban J connectivity index is 2.20. The molecule has 2 heterocycles. The summed E-state index contributed by atoms with van der Waals surface area (Å²) in [6.45, 7) is 2.75. The van der Waals surface area contributed by atoms with Gasteiger partial charge in [0.15, 0.2) is 11.2 Å². The summed E-state index contributed by atoms with van der Waals surface area (Å²) in [5.74, 6) is 0.570. The summed E-state index contributed by atoms with van der Waals surface area (Å²) in [4.78, 5) is 16.3. The Morgan fingerprint density at radius 2 is 2.00 bits per heavy atom. The Morgan fingerprint density at radius 3 is 2.82 bits per heavy atom. The molecule has 0 amide bonds. The fourth-order valence-electron chi connectivity index (χ4n) is 1.48. The molecule has 90 valence electrons. The van der Waals surface area contributed by atoms with Gasteiger partial charge in [0.05, 0.1) is 6.61 Å². The minimum atomic E-state index is 0.156. The van der Waals surface area contributed by atoms with Crippen LogP contribution in [0.5, 0.6) is 5.88 Å². The highest BCUT2D eigenvalue weighted by Gasteiger charge is 2.08. The van der Waals surface area contributed by atoms with Crippen LogP contribution in [0, 0.1) is 0 Å². The number of anilines is 1. The number of fused-ring (bicyclic) bond motifs is 1. The molecule has 0 aliphatic carbocycles. The minimum Gasteiger partial charge on any atom is -0.476 e. The lowest BCUT2D eigenvalue weighted by Crippen LogP contribution is -2.04. The van der Waals surface area contributed by atoms with Crippen molar-refractivity contribution in [3.63, 3.8) is 0 Å². The highest BCUT2D eigenvalue weighted by Crippen LogP contribution is 2.19. The van der Waals surface area contributed by atoms with Gasteiger partial charge in [0.2, 0.25) is 11.8 Å². The predicted molar refractivity (Wildman–Crippen MR) is 64.6 cm³/mol. The molecule has 2 aromatic rings. The van der Waals surface area contributed by atoms with E-state index >= 15 is 0 Å². The van der Waals surface area contributed by atoms with Crippen LogP contribution < -0.4 is 10.5 Å². The van der Waals surface area contributed by atoms with Gasteiger partial charge in [0.1, 0.15) is 0 Å². The third kappa shape index (κ3) is 2.77. The summed E-state index contributed by atoms with van der Waals surface area (Å²) in [5.41, 5.74) is 6.60. The van der Waals surface area contributed by atoms with Gasteiger partial charge in [0, 0.05) is 12.4 Å². The number of nitrogens with zero attached hydrogens (tertiary/aromatic N) is 4. The average Bonchev–Trinajstić information content (AvgIpc) is 2.34. The van der Waals surface area contributed by atoms with E-state index in [0.29, 0.717) is 23.7 Å². The molecule has 0 saturated carbocycles. The van der Waals surface area contributed by atoms with Crippen molar-refractivity contribution >= 4 is 17.1 Å². The summed E-state index contributed by atoms with van der Waals surface area (Å²) in [6.07, 6.45) is 6.42. The predicted octanol–water partition coefficient (Wildman–Crippen LogP) is 1.57. The Morgan fingerprint density at radius 1 is 1.18 bits per heavy atom. The lowest BCUT2D eigenvalue weighted by Gasteiger charge is -2.06. The molecule has 0 atom stereocenters. The maximum atomic E-state index is 5.59. The molecule has 6 heteroatoms. The number of hydrogen-bond acceptors (Lipinski definition) is 6. The van der Waals surface area contributed by atoms with Gasteiger partial charge in [-0.05, 0) is 6.42 Å². The van der Waals surface area contributed by atoms with Crippen LogP contribution in [0.3, 0.4) is 0 Å². The van der Waals surface area contributed by atoms with Crippen LogP contribution in [0.25, 0.3) is 11.2 Å². The first-order valence-corrected chi connectivity index (χ1v) is 5.68. The number of nitrogen functional groups attached to an aromatic ring is 1.